The molecule has 2 aromatic carbocycles. The van der Waals surface area contributed by atoms with E-state index in [-0.39, 0.29) is 6.54 Å². The molecule has 1 atom stereocenters. The molecule has 3 aromatic rings. The Hall–Kier alpha value is -2.12. The topological polar surface area (TPSA) is 72.2 Å². The molecule has 0 radical (unpaired) electrons. The van der Waals surface area contributed by atoms with Crippen molar-refractivity contribution >= 4 is 23.2 Å². The molecular formula is C19H20Cl2N4O2. The number of ether oxygens (including phenoxy) is 1. The number of nitrogens with one attached hydrogen (secondary N) is 1. The molecule has 27 heavy (non-hydrogen) atoms. The smallest absolute Gasteiger partial charge is 0.137 e. The monoisotopic (exact) mass is 406 g/mol. The van der Waals surface area contributed by atoms with E-state index in [0.29, 0.717) is 33.7 Å². The Kier molecular flexibility index (Phi) is 6.34. The van der Waals surface area contributed by atoms with Gasteiger partial charge in [0.1, 0.15) is 29.8 Å². The summed E-state index contributed by atoms with van der Waals surface area (Å²) in [6, 6.07) is 12.3. The summed E-state index contributed by atoms with van der Waals surface area (Å²) in [6.45, 7) is 3.23. The van der Waals surface area contributed by atoms with Gasteiger partial charge in [0.05, 0.1) is 11.6 Å². The molecule has 3 rings (SSSR count). The zero-order valence-corrected chi connectivity index (χ0v) is 16.3. The van der Waals surface area contributed by atoms with Crippen LogP contribution >= 0.6 is 23.2 Å². The molecule has 0 amide bonds. The zero-order valence-electron chi connectivity index (χ0n) is 14.8. The van der Waals surface area contributed by atoms with Crippen LogP contribution in [0.25, 0.3) is 0 Å². The number of rotatable bonds is 8. The highest BCUT2D eigenvalue weighted by molar-refractivity contribution is 6.31. The molecule has 1 heterocycles. The third-order valence-electron chi connectivity index (χ3n) is 4.05. The Labute approximate surface area is 167 Å². The maximum Gasteiger partial charge on any atom is 0.137 e. The predicted molar refractivity (Wildman–Crippen MR) is 105 cm³/mol. The number of hydrogen-bond acceptors (Lipinski definition) is 5. The average molecular weight is 407 g/mol. The second-order valence-corrected chi connectivity index (χ2v) is 6.95. The molecule has 142 valence electrons. The number of halogens is 2. The first-order valence-electron chi connectivity index (χ1n) is 8.49. The van der Waals surface area contributed by atoms with Crippen molar-refractivity contribution in [1.82, 2.24) is 20.1 Å². The average Bonchev–Trinajstić information content (AvgIpc) is 3.15. The molecule has 0 aliphatic heterocycles. The van der Waals surface area contributed by atoms with E-state index >= 15 is 0 Å². The number of nitrogens with zero attached hydrogens (tertiary/aromatic N) is 3. The quantitative estimate of drug-likeness (QED) is 0.593. The standard InChI is InChI=1S/C19H20Cl2N4O2/c1-2-22-10-19(26,11-25-13-23-12-24-25)17-8-7-16(9-18(17)21)27-15-5-3-14(20)4-6-15/h3-9,12-13,22,26H,2,10-11H2,1H3. The van der Waals surface area contributed by atoms with E-state index in [1.54, 1.807) is 53.5 Å². The Morgan fingerprint density at radius 1 is 1.15 bits per heavy atom. The minimum absolute atomic E-state index is 0.219. The Bertz CT molecular complexity index is 872. The van der Waals surface area contributed by atoms with Gasteiger partial charge in [-0.3, -0.25) is 0 Å². The van der Waals surface area contributed by atoms with Crippen molar-refractivity contribution in [3.63, 3.8) is 0 Å². The maximum absolute atomic E-state index is 11.3. The lowest BCUT2D eigenvalue weighted by Gasteiger charge is -2.29. The van der Waals surface area contributed by atoms with Crippen LogP contribution < -0.4 is 10.1 Å². The molecule has 8 heteroatoms. The third kappa shape index (κ3) is 4.99. The van der Waals surface area contributed by atoms with E-state index in [4.69, 9.17) is 27.9 Å². The number of benzene rings is 2. The molecule has 0 saturated heterocycles. The minimum atomic E-state index is -1.25. The van der Waals surface area contributed by atoms with Gasteiger partial charge in [0.2, 0.25) is 0 Å². The summed E-state index contributed by atoms with van der Waals surface area (Å²) >= 11 is 12.4. The maximum atomic E-state index is 11.3. The fourth-order valence-electron chi connectivity index (χ4n) is 2.73. The van der Waals surface area contributed by atoms with Crippen LogP contribution in [0.15, 0.2) is 55.1 Å². The fourth-order valence-corrected chi connectivity index (χ4v) is 3.20. The third-order valence-corrected chi connectivity index (χ3v) is 4.61. The second-order valence-electron chi connectivity index (χ2n) is 6.10. The van der Waals surface area contributed by atoms with Gasteiger partial charge in [-0.1, -0.05) is 36.2 Å². The van der Waals surface area contributed by atoms with Crippen molar-refractivity contribution in [3.8, 4) is 11.5 Å². The van der Waals surface area contributed by atoms with Crippen LogP contribution in [0.2, 0.25) is 10.0 Å². The van der Waals surface area contributed by atoms with Gasteiger partial charge >= 0.3 is 0 Å². The first kappa shape index (κ1) is 19.6. The van der Waals surface area contributed by atoms with Crippen LogP contribution in [0.4, 0.5) is 0 Å². The van der Waals surface area contributed by atoms with E-state index in [1.165, 1.54) is 6.33 Å². The molecular weight excluding hydrogens is 387 g/mol. The summed E-state index contributed by atoms with van der Waals surface area (Å²) in [7, 11) is 0. The zero-order chi connectivity index (χ0) is 19.3. The molecule has 0 bridgehead atoms. The van der Waals surface area contributed by atoms with Gasteiger partial charge in [-0.05, 0) is 42.9 Å². The molecule has 0 aliphatic rings. The van der Waals surface area contributed by atoms with Crippen LogP contribution in [0, 0.1) is 0 Å². The first-order chi connectivity index (χ1) is 13.0. The van der Waals surface area contributed by atoms with Crippen LogP contribution in [-0.2, 0) is 12.1 Å². The second kappa shape index (κ2) is 8.71. The van der Waals surface area contributed by atoms with Gasteiger partial charge < -0.3 is 15.2 Å². The van der Waals surface area contributed by atoms with Crippen LogP contribution in [0.5, 0.6) is 11.5 Å². The molecule has 1 aromatic heterocycles. The van der Waals surface area contributed by atoms with Crippen molar-refractivity contribution in [1.29, 1.82) is 0 Å². The van der Waals surface area contributed by atoms with Gasteiger partial charge in [-0.15, -0.1) is 0 Å². The summed E-state index contributed by atoms with van der Waals surface area (Å²) in [5, 5.41) is 19.6. The van der Waals surface area contributed by atoms with Crippen molar-refractivity contribution < 1.29 is 9.84 Å². The van der Waals surface area contributed by atoms with E-state index in [2.05, 4.69) is 15.4 Å². The van der Waals surface area contributed by atoms with Gasteiger partial charge in [0, 0.05) is 17.1 Å². The molecule has 6 nitrogen and oxygen atoms in total. The van der Waals surface area contributed by atoms with Crippen molar-refractivity contribution in [2.75, 3.05) is 13.1 Å². The van der Waals surface area contributed by atoms with Gasteiger partial charge in [0.25, 0.3) is 0 Å². The Balaban J connectivity index is 1.85. The highest BCUT2D eigenvalue weighted by Crippen LogP contribution is 2.34. The summed E-state index contributed by atoms with van der Waals surface area (Å²) < 4.78 is 7.38. The summed E-state index contributed by atoms with van der Waals surface area (Å²) in [4.78, 5) is 3.93. The van der Waals surface area contributed by atoms with Crippen molar-refractivity contribution in [3.05, 3.63) is 70.7 Å². The first-order valence-corrected chi connectivity index (χ1v) is 9.25. The SMILES string of the molecule is CCNCC(O)(Cn1cncn1)c1ccc(Oc2ccc(Cl)cc2)cc1Cl. The van der Waals surface area contributed by atoms with Gasteiger partial charge in [-0.2, -0.15) is 5.10 Å². The lowest BCUT2D eigenvalue weighted by molar-refractivity contribution is 0.0159. The highest BCUT2D eigenvalue weighted by Gasteiger charge is 2.32. The lowest BCUT2D eigenvalue weighted by atomic mass is 9.93. The van der Waals surface area contributed by atoms with Crippen LogP contribution in [-0.4, -0.2) is 33.0 Å². The Morgan fingerprint density at radius 3 is 2.52 bits per heavy atom. The predicted octanol–water partition coefficient (Wildman–Crippen LogP) is 3.87. The summed E-state index contributed by atoms with van der Waals surface area (Å²) in [5.41, 5.74) is -0.663. The van der Waals surface area contributed by atoms with Crippen LogP contribution in [0.3, 0.4) is 0 Å². The van der Waals surface area contributed by atoms with E-state index in [9.17, 15) is 5.11 Å². The molecule has 0 fully saturated rings. The summed E-state index contributed by atoms with van der Waals surface area (Å²) in [6.07, 6.45) is 2.99. The minimum Gasteiger partial charge on any atom is -0.457 e. The van der Waals surface area contributed by atoms with Crippen LogP contribution in [0.1, 0.15) is 12.5 Å². The molecule has 2 N–H and O–H groups in total. The normalized spacial score (nSPS) is 13.3. The fraction of sp³-hybridized carbons (Fsp3) is 0.263. The highest BCUT2D eigenvalue weighted by atomic mass is 35.5. The largest absolute Gasteiger partial charge is 0.457 e. The molecule has 0 spiro atoms. The van der Waals surface area contributed by atoms with Crippen molar-refractivity contribution in [2.45, 2.75) is 19.1 Å². The van der Waals surface area contributed by atoms with Gasteiger partial charge in [-0.25, -0.2) is 9.67 Å². The van der Waals surface area contributed by atoms with E-state index in [1.807, 2.05) is 6.92 Å². The number of aliphatic hydroxyl groups is 1. The molecule has 0 aliphatic carbocycles. The van der Waals surface area contributed by atoms with Gasteiger partial charge in [0.15, 0.2) is 0 Å². The summed E-state index contributed by atoms with van der Waals surface area (Å²) in [5.74, 6) is 1.21. The molecule has 1 unspecified atom stereocenters. The Morgan fingerprint density at radius 2 is 1.89 bits per heavy atom. The number of likely N-dealkylation sites (N-methyl/N-ethyl adjacent to an activating group) is 1. The van der Waals surface area contributed by atoms with Crippen molar-refractivity contribution in [2.24, 2.45) is 0 Å². The number of aromatic nitrogens is 3. The molecule has 0 saturated carbocycles. The lowest BCUT2D eigenvalue weighted by Crippen LogP contribution is -2.42. The van der Waals surface area contributed by atoms with E-state index < -0.39 is 5.60 Å². The number of hydrogen-bond donors (Lipinski definition) is 2. The van der Waals surface area contributed by atoms with E-state index in [0.717, 1.165) is 6.54 Å².